The summed E-state index contributed by atoms with van der Waals surface area (Å²) in [6.07, 6.45) is 0.123. The first-order chi connectivity index (χ1) is 13.9. The van der Waals surface area contributed by atoms with Crippen molar-refractivity contribution in [3.05, 3.63) is 61.8 Å². The summed E-state index contributed by atoms with van der Waals surface area (Å²) in [6.45, 7) is 3.88. The van der Waals surface area contributed by atoms with Gasteiger partial charge in [-0.1, -0.05) is 17.7 Å². The summed E-state index contributed by atoms with van der Waals surface area (Å²) in [5, 5.41) is 5.66. The van der Waals surface area contributed by atoms with Crippen LogP contribution >= 0.6 is 22.9 Å². The van der Waals surface area contributed by atoms with Crippen molar-refractivity contribution in [3.8, 4) is 0 Å². The highest BCUT2D eigenvalue weighted by atomic mass is 35.5. The van der Waals surface area contributed by atoms with E-state index in [9.17, 15) is 14.4 Å². The molecule has 2 heterocycles. The third-order valence-corrected chi connectivity index (χ3v) is 5.66. The van der Waals surface area contributed by atoms with Gasteiger partial charge in [0.15, 0.2) is 0 Å². The van der Waals surface area contributed by atoms with Crippen molar-refractivity contribution in [1.82, 2.24) is 20.2 Å². The number of aromatic amines is 1. The molecule has 29 heavy (non-hydrogen) atoms. The highest BCUT2D eigenvalue weighted by Crippen LogP contribution is 2.23. The molecule has 0 unspecified atom stereocenters. The Morgan fingerprint density at radius 3 is 2.79 bits per heavy atom. The molecule has 2 amide bonds. The molecule has 0 aliphatic heterocycles. The van der Waals surface area contributed by atoms with Crippen molar-refractivity contribution in [2.24, 2.45) is 0 Å². The molecular formula is C20H21ClN4O3S. The van der Waals surface area contributed by atoms with E-state index in [2.05, 4.69) is 15.3 Å². The number of H-pyrrole nitrogens is 1. The number of nitrogens with zero attached hydrogens (tertiary/aromatic N) is 2. The highest BCUT2D eigenvalue weighted by Gasteiger charge is 2.22. The summed E-state index contributed by atoms with van der Waals surface area (Å²) in [7, 11) is 0. The first-order valence-corrected chi connectivity index (χ1v) is 10.4. The van der Waals surface area contributed by atoms with Crippen LogP contribution in [-0.2, 0) is 16.1 Å². The van der Waals surface area contributed by atoms with Crippen LogP contribution in [0.15, 0.2) is 40.5 Å². The van der Waals surface area contributed by atoms with Crippen LogP contribution in [0.5, 0.6) is 0 Å². The number of halogens is 1. The van der Waals surface area contributed by atoms with E-state index in [0.717, 1.165) is 4.88 Å². The zero-order valence-electron chi connectivity index (χ0n) is 16.1. The van der Waals surface area contributed by atoms with E-state index < -0.39 is 6.04 Å². The molecule has 0 saturated heterocycles. The molecule has 0 spiro atoms. The average molecular weight is 433 g/mol. The number of aromatic nitrogens is 2. The lowest BCUT2D eigenvalue weighted by atomic mass is 10.1. The topological polar surface area (TPSA) is 95.2 Å². The van der Waals surface area contributed by atoms with Crippen LogP contribution < -0.4 is 10.9 Å². The number of thiophene rings is 1. The van der Waals surface area contributed by atoms with Crippen LogP contribution in [0.1, 0.15) is 37.0 Å². The third-order valence-electron chi connectivity index (χ3n) is 4.44. The summed E-state index contributed by atoms with van der Waals surface area (Å²) >= 11 is 7.49. The molecule has 3 aromatic rings. The molecule has 2 aromatic heterocycles. The number of fused-ring (bicyclic) bond motifs is 1. The van der Waals surface area contributed by atoms with Gasteiger partial charge in [-0.05, 0) is 36.6 Å². The van der Waals surface area contributed by atoms with Gasteiger partial charge >= 0.3 is 0 Å². The zero-order valence-corrected chi connectivity index (χ0v) is 17.6. The summed E-state index contributed by atoms with van der Waals surface area (Å²) in [6, 6.07) is 8.25. The van der Waals surface area contributed by atoms with Crippen molar-refractivity contribution in [2.45, 2.75) is 32.9 Å². The Bertz CT molecular complexity index is 1080. The number of carbonyl (C=O) groups is 2. The fraction of sp³-hybridized carbons (Fsp3) is 0.300. The first-order valence-electron chi connectivity index (χ1n) is 9.14. The lowest BCUT2D eigenvalue weighted by Crippen LogP contribution is -2.36. The van der Waals surface area contributed by atoms with Gasteiger partial charge in [0, 0.05) is 23.4 Å². The van der Waals surface area contributed by atoms with Gasteiger partial charge in [0.1, 0.15) is 5.82 Å². The molecule has 0 radical (unpaired) electrons. The Hall–Kier alpha value is -2.71. The van der Waals surface area contributed by atoms with Crippen LogP contribution in [0.2, 0.25) is 5.02 Å². The van der Waals surface area contributed by atoms with Crippen LogP contribution in [-0.4, -0.2) is 33.2 Å². The van der Waals surface area contributed by atoms with Gasteiger partial charge in [0.25, 0.3) is 5.56 Å². The zero-order chi connectivity index (χ0) is 21.0. The number of rotatable bonds is 7. The minimum absolute atomic E-state index is 0.123. The monoisotopic (exact) mass is 432 g/mol. The molecule has 9 heteroatoms. The average Bonchev–Trinajstić information content (AvgIpc) is 3.19. The molecule has 1 aromatic carbocycles. The first kappa shape index (κ1) is 21.0. The largest absolute Gasteiger partial charge is 0.348 e. The van der Waals surface area contributed by atoms with Gasteiger partial charge < -0.3 is 15.2 Å². The molecule has 1 atom stereocenters. The molecule has 3 rings (SSSR count). The summed E-state index contributed by atoms with van der Waals surface area (Å²) in [5.74, 6) is 0.0392. The van der Waals surface area contributed by atoms with E-state index in [0.29, 0.717) is 28.3 Å². The van der Waals surface area contributed by atoms with Crippen molar-refractivity contribution in [3.63, 3.8) is 0 Å². The number of hydrogen-bond donors (Lipinski definition) is 2. The molecule has 0 saturated carbocycles. The summed E-state index contributed by atoms with van der Waals surface area (Å²) < 4.78 is 0. The Morgan fingerprint density at radius 1 is 1.34 bits per heavy atom. The van der Waals surface area contributed by atoms with Crippen molar-refractivity contribution < 1.29 is 9.59 Å². The fourth-order valence-corrected chi connectivity index (χ4v) is 4.00. The minimum Gasteiger partial charge on any atom is -0.348 e. The lowest BCUT2D eigenvalue weighted by Gasteiger charge is -2.24. The normalized spacial score (nSPS) is 12.0. The summed E-state index contributed by atoms with van der Waals surface area (Å²) in [4.78, 5) is 46.5. The smallest absolute Gasteiger partial charge is 0.258 e. The number of carbonyl (C=O) groups excluding carboxylic acids is 2. The van der Waals surface area contributed by atoms with Gasteiger partial charge in [-0.3, -0.25) is 14.4 Å². The standard InChI is InChI=1S/C20H21ClN4O3S/c1-3-25(19(27)10-16(22-12(2)26)17-5-4-8-29-17)11-18-23-15-9-13(21)6-7-14(15)20(28)24-18/h4-9,16H,3,10-11H2,1-2H3,(H,22,26)(H,23,24,28)/t16-/m0/s1. The van der Waals surface area contributed by atoms with Crippen LogP contribution in [0, 0.1) is 0 Å². The fourth-order valence-electron chi connectivity index (χ4n) is 3.05. The number of hydrogen-bond acceptors (Lipinski definition) is 5. The molecule has 0 aliphatic rings. The van der Waals surface area contributed by atoms with Crippen molar-refractivity contribution >= 4 is 45.7 Å². The number of amides is 2. The van der Waals surface area contributed by atoms with Crippen LogP contribution in [0.25, 0.3) is 10.9 Å². The Kier molecular flexibility index (Phi) is 6.66. The maximum atomic E-state index is 12.9. The molecule has 2 N–H and O–H groups in total. The number of nitrogens with one attached hydrogen (secondary N) is 2. The predicted octanol–water partition coefficient (Wildman–Crippen LogP) is 3.25. The van der Waals surface area contributed by atoms with E-state index in [1.807, 2.05) is 24.4 Å². The second kappa shape index (κ2) is 9.19. The number of benzene rings is 1. The maximum absolute atomic E-state index is 12.9. The highest BCUT2D eigenvalue weighted by molar-refractivity contribution is 7.10. The van der Waals surface area contributed by atoms with Gasteiger partial charge in [0.2, 0.25) is 11.8 Å². The van der Waals surface area contributed by atoms with Crippen molar-refractivity contribution in [1.29, 1.82) is 0 Å². The van der Waals surface area contributed by atoms with Gasteiger partial charge in [0.05, 0.1) is 29.9 Å². The van der Waals surface area contributed by atoms with Crippen LogP contribution in [0.4, 0.5) is 0 Å². The van der Waals surface area contributed by atoms with Crippen molar-refractivity contribution in [2.75, 3.05) is 6.54 Å². The van der Waals surface area contributed by atoms with E-state index in [1.54, 1.807) is 23.1 Å². The molecule has 0 aliphatic carbocycles. The second-order valence-electron chi connectivity index (χ2n) is 6.55. The Morgan fingerprint density at radius 2 is 2.14 bits per heavy atom. The molecule has 0 fully saturated rings. The predicted molar refractivity (Wildman–Crippen MR) is 114 cm³/mol. The minimum atomic E-state index is -0.392. The quantitative estimate of drug-likeness (QED) is 0.599. The summed E-state index contributed by atoms with van der Waals surface area (Å²) in [5.41, 5.74) is 0.203. The van der Waals surface area contributed by atoms with Gasteiger partial charge in [-0.15, -0.1) is 11.3 Å². The molecule has 152 valence electrons. The maximum Gasteiger partial charge on any atom is 0.258 e. The second-order valence-corrected chi connectivity index (χ2v) is 7.97. The Balaban J connectivity index is 1.80. The Labute approximate surface area is 176 Å². The lowest BCUT2D eigenvalue weighted by molar-refractivity contribution is -0.132. The van der Waals surface area contributed by atoms with E-state index in [-0.39, 0.29) is 30.3 Å². The van der Waals surface area contributed by atoms with E-state index >= 15 is 0 Å². The van der Waals surface area contributed by atoms with E-state index in [1.165, 1.54) is 18.3 Å². The molecular weight excluding hydrogens is 412 g/mol. The van der Waals surface area contributed by atoms with Gasteiger partial charge in [-0.2, -0.15) is 0 Å². The molecule has 7 nitrogen and oxygen atoms in total. The van der Waals surface area contributed by atoms with Gasteiger partial charge in [-0.25, -0.2) is 4.98 Å². The SMILES string of the molecule is CCN(Cc1nc2cc(Cl)ccc2c(=O)[nH]1)C(=O)C[C@H](NC(C)=O)c1cccs1. The van der Waals surface area contributed by atoms with Crippen LogP contribution in [0.3, 0.4) is 0 Å². The van der Waals surface area contributed by atoms with E-state index in [4.69, 9.17) is 11.6 Å². The third kappa shape index (κ3) is 5.21. The molecule has 0 bridgehead atoms.